The first-order valence-electron chi connectivity index (χ1n) is 9.65. The van der Waals surface area contributed by atoms with Crippen molar-refractivity contribution >= 4 is 17.5 Å². The Hall–Kier alpha value is -3.47. The number of aryl methyl sites for hydroxylation is 1. The van der Waals surface area contributed by atoms with Crippen LogP contribution in [0.3, 0.4) is 0 Å². The number of nitrogens with one attached hydrogen (secondary N) is 1. The molecule has 0 spiro atoms. The van der Waals surface area contributed by atoms with Gasteiger partial charge in [-0.3, -0.25) is 9.59 Å². The molecule has 4 nitrogen and oxygen atoms in total. The fraction of sp³-hybridized carbons (Fsp3) is 0.167. The van der Waals surface area contributed by atoms with Crippen LogP contribution in [0.5, 0.6) is 0 Å². The molecule has 0 saturated carbocycles. The number of benzene rings is 3. The Labute approximate surface area is 169 Å². The molecule has 0 saturated heterocycles. The maximum atomic E-state index is 14.1. The summed E-state index contributed by atoms with van der Waals surface area (Å²) in [6.07, 6.45) is 1.77. The number of hydrogen-bond acceptors (Lipinski definition) is 2. The van der Waals surface area contributed by atoms with Gasteiger partial charge in [-0.15, -0.1) is 0 Å². The van der Waals surface area contributed by atoms with Gasteiger partial charge in [0.1, 0.15) is 11.9 Å². The fourth-order valence-corrected chi connectivity index (χ4v) is 3.71. The zero-order chi connectivity index (χ0) is 20.2. The number of hydrogen-bond donors (Lipinski definition) is 1. The minimum absolute atomic E-state index is 0.0831. The van der Waals surface area contributed by atoms with Crippen molar-refractivity contribution in [3.8, 4) is 0 Å². The summed E-state index contributed by atoms with van der Waals surface area (Å²) >= 11 is 0. The maximum absolute atomic E-state index is 14.1. The lowest BCUT2D eigenvalue weighted by Crippen LogP contribution is -2.45. The van der Waals surface area contributed by atoms with E-state index in [0.717, 1.165) is 24.1 Å². The van der Waals surface area contributed by atoms with Crippen molar-refractivity contribution in [2.75, 3.05) is 11.4 Å². The summed E-state index contributed by atoms with van der Waals surface area (Å²) in [4.78, 5) is 28.0. The molecule has 1 aliphatic rings. The molecule has 0 unspecified atom stereocenters. The summed E-state index contributed by atoms with van der Waals surface area (Å²) in [7, 11) is 0. The van der Waals surface area contributed by atoms with E-state index in [9.17, 15) is 14.0 Å². The smallest absolute Gasteiger partial charge is 0.255 e. The molecule has 5 heteroatoms. The summed E-state index contributed by atoms with van der Waals surface area (Å²) in [5.74, 6) is -1.46. The third-order valence-corrected chi connectivity index (χ3v) is 5.15. The van der Waals surface area contributed by atoms with Gasteiger partial charge in [-0.25, -0.2) is 4.39 Å². The van der Waals surface area contributed by atoms with E-state index in [1.54, 1.807) is 23.1 Å². The van der Waals surface area contributed by atoms with Crippen LogP contribution in [-0.4, -0.2) is 18.4 Å². The number of carbonyl (C=O) groups is 2. The van der Waals surface area contributed by atoms with E-state index in [4.69, 9.17) is 0 Å². The average Bonchev–Trinajstić information content (AvgIpc) is 2.77. The van der Waals surface area contributed by atoms with Crippen LogP contribution in [0.1, 0.15) is 33.9 Å². The van der Waals surface area contributed by atoms with Crippen molar-refractivity contribution in [3.05, 3.63) is 101 Å². The monoisotopic (exact) mass is 388 g/mol. The molecule has 146 valence electrons. The molecule has 1 N–H and O–H groups in total. The Kier molecular flexibility index (Phi) is 5.38. The first kappa shape index (κ1) is 18.9. The molecule has 3 aromatic rings. The number of carbonyl (C=O) groups excluding carboxylic acids is 2. The molecule has 29 heavy (non-hydrogen) atoms. The highest BCUT2D eigenvalue weighted by Gasteiger charge is 2.31. The van der Waals surface area contributed by atoms with Crippen molar-refractivity contribution in [3.63, 3.8) is 0 Å². The van der Waals surface area contributed by atoms with E-state index in [1.807, 2.05) is 42.5 Å². The zero-order valence-electron chi connectivity index (χ0n) is 15.8. The Morgan fingerprint density at radius 2 is 1.59 bits per heavy atom. The maximum Gasteiger partial charge on any atom is 0.255 e. The number of rotatable bonds is 4. The van der Waals surface area contributed by atoms with Crippen molar-refractivity contribution in [1.82, 2.24) is 5.32 Å². The van der Waals surface area contributed by atoms with Gasteiger partial charge in [0.15, 0.2) is 0 Å². The summed E-state index contributed by atoms with van der Waals surface area (Å²) < 4.78 is 14.1. The van der Waals surface area contributed by atoms with Crippen molar-refractivity contribution in [2.24, 2.45) is 0 Å². The quantitative estimate of drug-likeness (QED) is 0.725. The molecule has 0 bridgehead atoms. The van der Waals surface area contributed by atoms with E-state index in [0.29, 0.717) is 12.1 Å². The third kappa shape index (κ3) is 3.90. The standard InChI is InChI=1S/C24H21FN2O2/c25-20-14-6-5-13-19(20)23(28)26-22(18-10-2-1-3-11-18)24(29)27-16-8-12-17-9-4-7-15-21(17)27/h1-7,9-11,13-15,22H,8,12,16H2,(H,26,28)/t22-/m1/s1. The number of anilines is 1. The normalized spacial score (nSPS) is 14.0. The molecule has 1 atom stereocenters. The van der Waals surface area contributed by atoms with E-state index in [-0.39, 0.29) is 11.5 Å². The van der Waals surface area contributed by atoms with Crippen LogP contribution >= 0.6 is 0 Å². The second-order valence-corrected chi connectivity index (χ2v) is 7.02. The summed E-state index contributed by atoms with van der Waals surface area (Å²) in [5, 5.41) is 2.75. The number of para-hydroxylation sites is 1. The van der Waals surface area contributed by atoms with Crippen LogP contribution in [0.2, 0.25) is 0 Å². The molecule has 1 heterocycles. The number of nitrogens with zero attached hydrogens (tertiary/aromatic N) is 1. The van der Waals surface area contributed by atoms with Gasteiger partial charge in [-0.05, 0) is 42.2 Å². The molecule has 0 radical (unpaired) electrons. The lowest BCUT2D eigenvalue weighted by Gasteiger charge is -2.32. The van der Waals surface area contributed by atoms with Crippen molar-refractivity contribution < 1.29 is 14.0 Å². The summed E-state index contributed by atoms with van der Waals surface area (Å²) in [6, 6.07) is 21.7. The Morgan fingerprint density at radius 3 is 2.38 bits per heavy atom. The van der Waals surface area contributed by atoms with Crippen molar-refractivity contribution in [2.45, 2.75) is 18.9 Å². The predicted molar refractivity (Wildman–Crippen MR) is 110 cm³/mol. The lowest BCUT2D eigenvalue weighted by atomic mass is 9.99. The molecule has 0 fully saturated rings. The number of amides is 2. The second kappa shape index (κ2) is 8.27. The van der Waals surface area contributed by atoms with E-state index < -0.39 is 17.8 Å². The molecule has 2 amide bonds. The molecular weight excluding hydrogens is 367 g/mol. The first-order valence-corrected chi connectivity index (χ1v) is 9.65. The van der Waals surface area contributed by atoms with Crippen LogP contribution in [0, 0.1) is 5.82 Å². The van der Waals surface area contributed by atoms with E-state index in [2.05, 4.69) is 5.32 Å². The largest absolute Gasteiger partial charge is 0.336 e. The highest BCUT2D eigenvalue weighted by molar-refractivity contribution is 6.03. The van der Waals surface area contributed by atoms with Crippen LogP contribution < -0.4 is 10.2 Å². The number of fused-ring (bicyclic) bond motifs is 1. The zero-order valence-corrected chi connectivity index (χ0v) is 15.8. The third-order valence-electron chi connectivity index (χ3n) is 5.15. The van der Waals surface area contributed by atoms with Crippen LogP contribution in [-0.2, 0) is 11.2 Å². The minimum Gasteiger partial charge on any atom is -0.336 e. The Morgan fingerprint density at radius 1 is 0.897 bits per heavy atom. The predicted octanol–water partition coefficient (Wildman–Crippen LogP) is 4.28. The molecule has 0 aromatic heterocycles. The van der Waals surface area contributed by atoms with Crippen LogP contribution in [0.25, 0.3) is 0 Å². The molecule has 3 aromatic carbocycles. The Bertz CT molecular complexity index is 1040. The fourth-order valence-electron chi connectivity index (χ4n) is 3.71. The topological polar surface area (TPSA) is 49.4 Å². The van der Waals surface area contributed by atoms with Crippen LogP contribution in [0.4, 0.5) is 10.1 Å². The van der Waals surface area contributed by atoms with Gasteiger partial charge in [0, 0.05) is 12.2 Å². The van der Waals surface area contributed by atoms with Crippen molar-refractivity contribution in [1.29, 1.82) is 0 Å². The highest BCUT2D eigenvalue weighted by atomic mass is 19.1. The van der Waals surface area contributed by atoms with E-state index >= 15 is 0 Å². The van der Waals surface area contributed by atoms with Gasteiger partial charge in [0.05, 0.1) is 5.56 Å². The average molecular weight is 388 g/mol. The molecule has 0 aliphatic carbocycles. The highest BCUT2D eigenvalue weighted by Crippen LogP contribution is 2.29. The SMILES string of the molecule is O=C(N[C@@H](C(=O)N1CCCc2ccccc21)c1ccccc1)c1ccccc1F. The lowest BCUT2D eigenvalue weighted by molar-refractivity contribution is -0.120. The number of halogens is 1. The molecule has 1 aliphatic heterocycles. The van der Waals surface area contributed by atoms with E-state index in [1.165, 1.54) is 18.2 Å². The van der Waals surface area contributed by atoms with Gasteiger partial charge in [0.25, 0.3) is 11.8 Å². The van der Waals surface area contributed by atoms with Gasteiger partial charge in [0.2, 0.25) is 0 Å². The second-order valence-electron chi connectivity index (χ2n) is 7.02. The summed E-state index contributed by atoms with van der Waals surface area (Å²) in [5.41, 5.74) is 2.55. The van der Waals surface area contributed by atoms with Crippen LogP contribution in [0.15, 0.2) is 78.9 Å². The first-order chi connectivity index (χ1) is 14.1. The minimum atomic E-state index is -0.908. The molecule has 4 rings (SSSR count). The van der Waals surface area contributed by atoms with Gasteiger partial charge in [-0.2, -0.15) is 0 Å². The molecular formula is C24H21FN2O2. The Balaban J connectivity index is 1.68. The van der Waals surface area contributed by atoms with Gasteiger partial charge >= 0.3 is 0 Å². The van der Waals surface area contributed by atoms with Gasteiger partial charge in [-0.1, -0.05) is 60.7 Å². The van der Waals surface area contributed by atoms with Gasteiger partial charge < -0.3 is 10.2 Å². The summed E-state index contributed by atoms with van der Waals surface area (Å²) in [6.45, 7) is 0.578.